The highest BCUT2D eigenvalue weighted by atomic mass is 16.5. The van der Waals surface area contributed by atoms with E-state index in [9.17, 15) is 9.59 Å². The lowest BCUT2D eigenvalue weighted by molar-refractivity contribution is -0.114. The van der Waals surface area contributed by atoms with E-state index >= 15 is 0 Å². The number of carbonyl (C=O) groups excluding carboxylic acids is 2. The summed E-state index contributed by atoms with van der Waals surface area (Å²) in [4.78, 5) is 24.7. The van der Waals surface area contributed by atoms with Crippen LogP contribution in [0.4, 0.5) is 17.1 Å². The molecule has 6 nitrogen and oxygen atoms in total. The van der Waals surface area contributed by atoms with Crippen LogP contribution in [0.2, 0.25) is 0 Å². The average molecular weight is 403 g/mol. The molecule has 0 aliphatic rings. The molecule has 0 aromatic heterocycles. The lowest BCUT2D eigenvalue weighted by atomic mass is 10.2. The summed E-state index contributed by atoms with van der Waals surface area (Å²) in [6, 6.07) is 23.5. The largest absolute Gasteiger partial charge is 0.489 e. The summed E-state index contributed by atoms with van der Waals surface area (Å²) >= 11 is 0. The molecular weight excluding hydrogens is 378 g/mol. The van der Waals surface area contributed by atoms with E-state index in [1.165, 1.54) is 0 Å². The third kappa shape index (κ3) is 6.10. The molecule has 30 heavy (non-hydrogen) atoms. The maximum atomic E-state index is 12.4. The Balaban J connectivity index is 1.57. The molecule has 0 bridgehead atoms. The smallest absolute Gasteiger partial charge is 0.255 e. The van der Waals surface area contributed by atoms with Gasteiger partial charge in [-0.15, -0.1) is 0 Å². The molecule has 3 aromatic carbocycles. The minimum Gasteiger partial charge on any atom is -0.489 e. The molecule has 154 valence electrons. The van der Waals surface area contributed by atoms with E-state index in [1.807, 2.05) is 56.3 Å². The van der Waals surface area contributed by atoms with Gasteiger partial charge in [0.1, 0.15) is 5.75 Å². The highest BCUT2D eigenvalue weighted by molar-refractivity contribution is 6.04. The lowest BCUT2D eigenvalue weighted by Crippen LogP contribution is -2.22. The lowest BCUT2D eigenvalue weighted by Gasteiger charge is -2.15. The van der Waals surface area contributed by atoms with Crippen molar-refractivity contribution < 1.29 is 14.3 Å². The van der Waals surface area contributed by atoms with Gasteiger partial charge in [0, 0.05) is 16.9 Å². The Morgan fingerprint density at radius 3 is 2.23 bits per heavy atom. The van der Waals surface area contributed by atoms with E-state index in [2.05, 4.69) is 16.0 Å². The van der Waals surface area contributed by atoms with Crippen molar-refractivity contribution >= 4 is 28.9 Å². The summed E-state index contributed by atoms with van der Waals surface area (Å²) in [5.41, 5.74) is 2.52. The third-order valence-corrected chi connectivity index (χ3v) is 4.13. The van der Waals surface area contributed by atoms with Crippen molar-refractivity contribution in [2.45, 2.75) is 20.0 Å². The van der Waals surface area contributed by atoms with E-state index in [4.69, 9.17) is 4.74 Å². The molecule has 0 radical (unpaired) electrons. The summed E-state index contributed by atoms with van der Waals surface area (Å²) in [5, 5.41) is 8.77. The number of para-hydroxylation sites is 2. The second-order valence-corrected chi connectivity index (χ2v) is 6.97. The number of carbonyl (C=O) groups is 2. The Hall–Kier alpha value is -3.80. The molecule has 3 N–H and O–H groups in total. The Bertz CT molecular complexity index is 1000. The van der Waals surface area contributed by atoms with Crippen LogP contribution < -0.4 is 20.7 Å². The molecule has 0 fully saturated rings. The maximum Gasteiger partial charge on any atom is 0.255 e. The fraction of sp³-hybridized carbons (Fsp3) is 0.167. The summed E-state index contributed by atoms with van der Waals surface area (Å²) in [6.45, 7) is 3.99. The first kappa shape index (κ1) is 20.9. The van der Waals surface area contributed by atoms with Crippen LogP contribution in [-0.4, -0.2) is 24.5 Å². The van der Waals surface area contributed by atoms with Gasteiger partial charge in [-0.05, 0) is 56.3 Å². The van der Waals surface area contributed by atoms with Crippen LogP contribution in [0, 0.1) is 0 Å². The van der Waals surface area contributed by atoms with Crippen molar-refractivity contribution in [3.63, 3.8) is 0 Å². The predicted octanol–water partition coefficient (Wildman–Crippen LogP) is 4.78. The van der Waals surface area contributed by atoms with Gasteiger partial charge < -0.3 is 20.7 Å². The molecule has 3 aromatic rings. The van der Waals surface area contributed by atoms with Gasteiger partial charge in [-0.25, -0.2) is 0 Å². The third-order valence-electron chi connectivity index (χ3n) is 4.13. The minimum absolute atomic E-state index is 0.0376. The van der Waals surface area contributed by atoms with Gasteiger partial charge in [0.25, 0.3) is 5.91 Å². The fourth-order valence-electron chi connectivity index (χ4n) is 2.82. The number of hydrogen-bond acceptors (Lipinski definition) is 4. The highest BCUT2D eigenvalue weighted by Crippen LogP contribution is 2.24. The van der Waals surface area contributed by atoms with Crippen LogP contribution in [0.5, 0.6) is 5.75 Å². The van der Waals surface area contributed by atoms with Gasteiger partial charge in [-0.1, -0.05) is 36.4 Å². The SMILES string of the molecule is CC(C)Oc1ccccc1NCC(=O)Nc1cccc(NC(=O)c2ccccc2)c1. The summed E-state index contributed by atoms with van der Waals surface area (Å²) in [6.07, 6.45) is 0.0376. The average Bonchev–Trinajstić information content (AvgIpc) is 2.73. The monoisotopic (exact) mass is 403 g/mol. The maximum absolute atomic E-state index is 12.4. The quantitative estimate of drug-likeness (QED) is 0.506. The van der Waals surface area contributed by atoms with Crippen molar-refractivity contribution in [1.82, 2.24) is 0 Å². The standard InChI is InChI=1S/C24H25N3O3/c1-17(2)30-22-14-7-6-13-21(22)25-16-23(28)26-19-11-8-12-20(15-19)27-24(29)18-9-4-3-5-10-18/h3-15,17,25H,16H2,1-2H3,(H,26,28)(H,27,29). The van der Waals surface area contributed by atoms with Crippen LogP contribution >= 0.6 is 0 Å². The Morgan fingerprint density at radius 2 is 1.50 bits per heavy atom. The van der Waals surface area contributed by atoms with E-state index < -0.39 is 0 Å². The van der Waals surface area contributed by atoms with Crippen molar-refractivity contribution in [3.05, 3.63) is 84.4 Å². The molecule has 0 unspecified atom stereocenters. The van der Waals surface area contributed by atoms with Crippen LogP contribution in [0.3, 0.4) is 0 Å². The van der Waals surface area contributed by atoms with Gasteiger partial charge in [0.05, 0.1) is 18.3 Å². The molecule has 0 heterocycles. The summed E-state index contributed by atoms with van der Waals surface area (Å²) in [5.74, 6) is 0.286. The Kier molecular flexibility index (Phi) is 7.05. The summed E-state index contributed by atoms with van der Waals surface area (Å²) in [7, 11) is 0. The van der Waals surface area contributed by atoms with Crippen LogP contribution in [0.15, 0.2) is 78.9 Å². The molecule has 0 saturated heterocycles. The van der Waals surface area contributed by atoms with Crippen molar-refractivity contribution in [2.75, 3.05) is 22.5 Å². The minimum atomic E-state index is -0.208. The fourth-order valence-corrected chi connectivity index (χ4v) is 2.82. The van der Waals surface area contributed by atoms with Crippen LogP contribution in [0.1, 0.15) is 24.2 Å². The van der Waals surface area contributed by atoms with Gasteiger partial charge in [0.15, 0.2) is 0 Å². The number of amides is 2. The number of anilines is 3. The molecule has 6 heteroatoms. The van der Waals surface area contributed by atoms with Crippen molar-refractivity contribution in [3.8, 4) is 5.75 Å². The van der Waals surface area contributed by atoms with Gasteiger partial charge in [0.2, 0.25) is 5.91 Å². The first-order valence-corrected chi connectivity index (χ1v) is 9.77. The molecule has 3 rings (SSSR count). The van der Waals surface area contributed by atoms with Crippen LogP contribution in [-0.2, 0) is 4.79 Å². The molecule has 0 saturated carbocycles. The number of hydrogen-bond donors (Lipinski definition) is 3. The van der Waals surface area contributed by atoms with Gasteiger partial charge in [-0.2, -0.15) is 0 Å². The Morgan fingerprint density at radius 1 is 0.833 bits per heavy atom. The van der Waals surface area contributed by atoms with E-state index in [1.54, 1.807) is 36.4 Å². The zero-order valence-corrected chi connectivity index (χ0v) is 17.0. The number of benzene rings is 3. The molecule has 0 aliphatic heterocycles. The first-order chi connectivity index (χ1) is 14.5. The number of ether oxygens (including phenoxy) is 1. The van der Waals surface area contributed by atoms with E-state index in [0.29, 0.717) is 22.7 Å². The second kappa shape index (κ2) is 10.1. The van der Waals surface area contributed by atoms with Gasteiger partial charge >= 0.3 is 0 Å². The highest BCUT2D eigenvalue weighted by Gasteiger charge is 2.09. The second-order valence-electron chi connectivity index (χ2n) is 6.97. The zero-order chi connectivity index (χ0) is 21.3. The molecule has 0 spiro atoms. The molecule has 0 atom stereocenters. The zero-order valence-electron chi connectivity index (χ0n) is 17.0. The molecular formula is C24H25N3O3. The van der Waals surface area contributed by atoms with Crippen LogP contribution in [0.25, 0.3) is 0 Å². The summed E-state index contributed by atoms with van der Waals surface area (Å²) < 4.78 is 5.75. The Labute approximate surface area is 176 Å². The predicted molar refractivity (Wildman–Crippen MR) is 120 cm³/mol. The first-order valence-electron chi connectivity index (χ1n) is 9.77. The van der Waals surface area contributed by atoms with E-state index in [0.717, 1.165) is 5.69 Å². The van der Waals surface area contributed by atoms with Crippen molar-refractivity contribution in [2.24, 2.45) is 0 Å². The van der Waals surface area contributed by atoms with Gasteiger partial charge in [-0.3, -0.25) is 9.59 Å². The van der Waals surface area contributed by atoms with Crippen molar-refractivity contribution in [1.29, 1.82) is 0 Å². The molecule has 0 aliphatic carbocycles. The normalized spacial score (nSPS) is 10.4. The van der Waals surface area contributed by atoms with E-state index in [-0.39, 0.29) is 24.5 Å². The molecule has 2 amide bonds. The number of nitrogens with one attached hydrogen (secondary N) is 3. The topological polar surface area (TPSA) is 79.5 Å². The number of rotatable bonds is 8.